The van der Waals surface area contributed by atoms with Crippen molar-refractivity contribution in [3.05, 3.63) is 41.3 Å². The largest absolute Gasteiger partial charge is 0.469 e. The van der Waals surface area contributed by atoms with E-state index >= 15 is 0 Å². The van der Waals surface area contributed by atoms with E-state index in [1.54, 1.807) is 10.5 Å². The Balaban J connectivity index is 2.01. The van der Waals surface area contributed by atoms with E-state index in [2.05, 4.69) is 15.0 Å². The van der Waals surface area contributed by atoms with Crippen molar-refractivity contribution >= 4 is 35.2 Å². The van der Waals surface area contributed by atoms with Crippen molar-refractivity contribution in [3.8, 4) is 0 Å². The van der Waals surface area contributed by atoms with E-state index in [-0.39, 0.29) is 24.8 Å². The molecule has 0 aliphatic heterocycles. The van der Waals surface area contributed by atoms with Crippen LogP contribution in [0.15, 0.2) is 30.5 Å². The second kappa shape index (κ2) is 6.90. The Bertz CT molecular complexity index is 694. The number of rotatable bonds is 5. The van der Waals surface area contributed by atoms with Crippen LogP contribution in [0.2, 0.25) is 5.15 Å². The van der Waals surface area contributed by atoms with Crippen LogP contribution < -0.4 is 5.32 Å². The number of pyridine rings is 1. The van der Waals surface area contributed by atoms with Gasteiger partial charge in [0.2, 0.25) is 5.91 Å². The Hall–Kier alpha value is -2.34. The lowest BCUT2D eigenvalue weighted by Crippen LogP contribution is -2.24. The molecule has 0 saturated heterocycles. The lowest BCUT2D eigenvalue weighted by Gasteiger charge is -2.00. The number of carbonyl (C=O) groups is 2. The Morgan fingerprint density at radius 3 is 3.05 bits per heavy atom. The van der Waals surface area contributed by atoms with Gasteiger partial charge in [-0.1, -0.05) is 17.7 Å². The highest BCUT2D eigenvalue weighted by atomic mass is 35.5. The van der Waals surface area contributed by atoms with Crippen molar-refractivity contribution in [1.82, 2.24) is 14.7 Å². The molecule has 2 heterocycles. The van der Waals surface area contributed by atoms with Crippen molar-refractivity contribution in [1.29, 1.82) is 0 Å². The van der Waals surface area contributed by atoms with Crippen LogP contribution in [-0.2, 0) is 14.3 Å². The van der Waals surface area contributed by atoms with E-state index in [1.807, 2.05) is 24.4 Å². The molecule has 0 unspecified atom stereocenters. The zero-order valence-corrected chi connectivity index (χ0v) is 12.1. The highest BCUT2D eigenvalue weighted by molar-refractivity contribution is 6.31. The highest BCUT2D eigenvalue weighted by Crippen LogP contribution is 2.18. The van der Waals surface area contributed by atoms with E-state index in [4.69, 9.17) is 11.6 Å². The first kappa shape index (κ1) is 15.1. The Labute approximate surface area is 126 Å². The number of carbonyl (C=O) groups excluding carboxylic acids is 2. The molecule has 110 valence electrons. The molecule has 0 spiro atoms. The topological polar surface area (TPSA) is 72.7 Å². The Kier molecular flexibility index (Phi) is 4.94. The third-order valence-electron chi connectivity index (χ3n) is 2.77. The number of methoxy groups -OCH3 is 1. The first-order valence-electron chi connectivity index (χ1n) is 6.27. The van der Waals surface area contributed by atoms with Gasteiger partial charge in [-0.15, -0.1) is 0 Å². The van der Waals surface area contributed by atoms with E-state index < -0.39 is 0 Å². The molecule has 7 heteroatoms. The van der Waals surface area contributed by atoms with Gasteiger partial charge >= 0.3 is 5.97 Å². The average Bonchev–Trinajstić information content (AvgIpc) is 2.80. The number of hydrogen-bond acceptors (Lipinski definition) is 4. The molecule has 0 saturated carbocycles. The zero-order chi connectivity index (χ0) is 15.2. The van der Waals surface area contributed by atoms with Crippen LogP contribution in [0.1, 0.15) is 12.1 Å². The SMILES string of the molecule is COC(=O)CCNC(=O)/C=C/c1c(Cl)nc2ccccn12. The summed E-state index contributed by atoms with van der Waals surface area (Å²) in [4.78, 5) is 26.7. The van der Waals surface area contributed by atoms with Crippen molar-refractivity contribution in [2.45, 2.75) is 6.42 Å². The molecular weight excluding hydrogens is 294 g/mol. The molecule has 1 N–H and O–H groups in total. The maximum absolute atomic E-state index is 11.6. The molecule has 0 aromatic carbocycles. The van der Waals surface area contributed by atoms with Crippen molar-refractivity contribution < 1.29 is 14.3 Å². The molecule has 2 rings (SSSR count). The van der Waals surface area contributed by atoms with E-state index in [9.17, 15) is 9.59 Å². The summed E-state index contributed by atoms with van der Waals surface area (Å²) in [7, 11) is 1.30. The van der Waals surface area contributed by atoms with Crippen LogP contribution in [0, 0.1) is 0 Å². The highest BCUT2D eigenvalue weighted by Gasteiger charge is 2.07. The van der Waals surface area contributed by atoms with Gasteiger partial charge in [0.05, 0.1) is 19.2 Å². The number of aromatic nitrogens is 2. The van der Waals surface area contributed by atoms with Gasteiger partial charge in [-0.3, -0.25) is 14.0 Å². The van der Waals surface area contributed by atoms with E-state index in [1.165, 1.54) is 13.2 Å². The minimum Gasteiger partial charge on any atom is -0.469 e. The van der Waals surface area contributed by atoms with Crippen LogP contribution in [0.5, 0.6) is 0 Å². The summed E-state index contributed by atoms with van der Waals surface area (Å²) < 4.78 is 6.26. The Morgan fingerprint density at radius 1 is 1.48 bits per heavy atom. The van der Waals surface area contributed by atoms with Gasteiger partial charge in [0.15, 0.2) is 5.15 Å². The molecule has 0 radical (unpaired) electrons. The molecule has 6 nitrogen and oxygen atoms in total. The normalized spacial score (nSPS) is 11.0. The second-order valence-corrected chi connectivity index (χ2v) is 4.53. The molecule has 2 aromatic heterocycles. The first-order valence-corrected chi connectivity index (χ1v) is 6.65. The number of hydrogen-bond donors (Lipinski definition) is 1. The number of amides is 1. The summed E-state index contributed by atoms with van der Waals surface area (Å²) >= 11 is 6.04. The van der Waals surface area contributed by atoms with Crippen LogP contribution in [0.3, 0.4) is 0 Å². The number of fused-ring (bicyclic) bond motifs is 1. The number of halogens is 1. The molecule has 0 atom stereocenters. The third-order valence-corrected chi connectivity index (χ3v) is 3.05. The van der Waals surface area contributed by atoms with E-state index in [0.717, 1.165) is 0 Å². The smallest absolute Gasteiger partial charge is 0.307 e. The maximum atomic E-state index is 11.6. The maximum Gasteiger partial charge on any atom is 0.307 e. The summed E-state index contributed by atoms with van der Waals surface area (Å²) in [5.41, 5.74) is 1.32. The number of nitrogens with zero attached hydrogens (tertiary/aromatic N) is 2. The van der Waals surface area contributed by atoms with Crippen LogP contribution in [0.25, 0.3) is 11.7 Å². The summed E-state index contributed by atoms with van der Waals surface area (Å²) in [6.07, 6.45) is 4.87. The van der Waals surface area contributed by atoms with Gasteiger partial charge < -0.3 is 10.1 Å². The summed E-state index contributed by atoms with van der Waals surface area (Å²) in [6, 6.07) is 5.52. The van der Waals surface area contributed by atoms with E-state index in [0.29, 0.717) is 16.5 Å². The standard InChI is InChI=1S/C14H14ClN3O3/c1-21-13(20)7-8-16-12(19)6-5-10-14(15)17-11-4-2-3-9-18(10)11/h2-6,9H,7-8H2,1H3,(H,16,19)/b6-5+. The van der Waals surface area contributed by atoms with Gasteiger partial charge in [0.1, 0.15) is 5.65 Å². The monoisotopic (exact) mass is 307 g/mol. The fourth-order valence-corrected chi connectivity index (χ4v) is 1.98. The van der Waals surface area contributed by atoms with Crippen LogP contribution in [-0.4, -0.2) is 34.9 Å². The van der Waals surface area contributed by atoms with Crippen LogP contribution >= 0.6 is 11.6 Å². The minimum atomic E-state index is -0.371. The van der Waals surface area contributed by atoms with Gasteiger partial charge in [-0.25, -0.2) is 4.98 Å². The molecule has 0 aliphatic carbocycles. The van der Waals surface area contributed by atoms with Gasteiger partial charge in [-0.2, -0.15) is 0 Å². The summed E-state index contributed by atoms with van der Waals surface area (Å²) in [5, 5.41) is 2.90. The number of imidazole rings is 1. The average molecular weight is 308 g/mol. The van der Waals surface area contributed by atoms with Crippen molar-refractivity contribution in [2.24, 2.45) is 0 Å². The molecule has 2 aromatic rings. The predicted molar refractivity (Wildman–Crippen MR) is 78.9 cm³/mol. The molecule has 1 amide bonds. The van der Waals surface area contributed by atoms with Crippen LogP contribution in [0.4, 0.5) is 0 Å². The minimum absolute atomic E-state index is 0.131. The lowest BCUT2D eigenvalue weighted by atomic mass is 10.3. The Morgan fingerprint density at radius 2 is 2.29 bits per heavy atom. The predicted octanol–water partition coefficient (Wildman–Crippen LogP) is 1.68. The van der Waals surface area contributed by atoms with Crippen molar-refractivity contribution in [2.75, 3.05) is 13.7 Å². The molecule has 21 heavy (non-hydrogen) atoms. The molecule has 0 bridgehead atoms. The molecule has 0 fully saturated rings. The fraction of sp³-hybridized carbons (Fsp3) is 0.214. The zero-order valence-electron chi connectivity index (χ0n) is 11.4. The molecule has 0 aliphatic rings. The third kappa shape index (κ3) is 3.82. The number of esters is 1. The summed E-state index contributed by atoms with van der Waals surface area (Å²) in [6.45, 7) is 0.219. The van der Waals surface area contributed by atoms with Gasteiger partial charge in [-0.05, 0) is 18.2 Å². The fourth-order valence-electron chi connectivity index (χ4n) is 1.74. The number of nitrogens with one attached hydrogen (secondary N) is 1. The quantitative estimate of drug-likeness (QED) is 0.674. The lowest BCUT2D eigenvalue weighted by molar-refractivity contribution is -0.140. The second-order valence-electron chi connectivity index (χ2n) is 4.17. The van der Waals surface area contributed by atoms with Gasteiger partial charge in [0.25, 0.3) is 0 Å². The van der Waals surface area contributed by atoms with Gasteiger partial charge in [0, 0.05) is 18.8 Å². The summed E-state index contributed by atoms with van der Waals surface area (Å²) in [5.74, 6) is -0.690. The number of ether oxygens (including phenoxy) is 1. The first-order chi connectivity index (χ1) is 10.1. The van der Waals surface area contributed by atoms with Crippen molar-refractivity contribution in [3.63, 3.8) is 0 Å². The molecular formula is C14H14ClN3O3.